The molecular formula is C27H27FN2O5. The molecule has 2 amide bonds. The van der Waals surface area contributed by atoms with Gasteiger partial charge in [0.25, 0.3) is 5.91 Å². The summed E-state index contributed by atoms with van der Waals surface area (Å²) >= 11 is 0. The van der Waals surface area contributed by atoms with Crippen molar-refractivity contribution < 1.29 is 28.2 Å². The zero-order valence-corrected chi connectivity index (χ0v) is 20.0. The fraction of sp³-hybridized carbons (Fsp3) is 0.259. The van der Waals surface area contributed by atoms with E-state index >= 15 is 0 Å². The highest BCUT2D eigenvalue weighted by atomic mass is 19.1. The van der Waals surface area contributed by atoms with E-state index in [0.29, 0.717) is 40.7 Å². The van der Waals surface area contributed by atoms with Crippen molar-refractivity contribution in [2.75, 3.05) is 33.2 Å². The van der Waals surface area contributed by atoms with Crippen LogP contribution in [0.15, 0.2) is 60.7 Å². The molecule has 4 rings (SSSR count). The maximum Gasteiger partial charge on any atom is 0.254 e. The molecule has 0 fully saturated rings. The number of nitrogens with zero attached hydrogens (tertiary/aromatic N) is 1. The average molecular weight is 479 g/mol. The molecule has 0 spiro atoms. The lowest BCUT2D eigenvalue weighted by Gasteiger charge is -2.40. The Morgan fingerprint density at radius 2 is 1.66 bits per heavy atom. The van der Waals surface area contributed by atoms with Crippen molar-refractivity contribution in [3.63, 3.8) is 0 Å². The van der Waals surface area contributed by atoms with Gasteiger partial charge in [-0.05, 0) is 55.0 Å². The van der Waals surface area contributed by atoms with Gasteiger partial charge in [0, 0.05) is 23.9 Å². The summed E-state index contributed by atoms with van der Waals surface area (Å²) in [5, 5.41) is 2.92. The molecule has 1 N–H and O–H groups in total. The van der Waals surface area contributed by atoms with Crippen molar-refractivity contribution in [3.05, 3.63) is 83.2 Å². The van der Waals surface area contributed by atoms with Crippen LogP contribution in [0.3, 0.4) is 0 Å². The van der Waals surface area contributed by atoms with Gasteiger partial charge in [0.1, 0.15) is 11.6 Å². The minimum Gasteiger partial charge on any atom is -0.494 e. The van der Waals surface area contributed by atoms with Crippen molar-refractivity contribution in [2.45, 2.75) is 18.9 Å². The third kappa shape index (κ3) is 4.51. The normalized spacial score (nSPS) is 16.9. The van der Waals surface area contributed by atoms with Crippen molar-refractivity contribution in [1.82, 2.24) is 4.90 Å². The van der Waals surface area contributed by atoms with Gasteiger partial charge in [0.05, 0.1) is 32.8 Å². The number of hydrogen-bond acceptors (Lipinski definition) is 5. The van der Waals surface area contributed by atoms with Gasteiger partial charge in [-0.25, -0.2) is 4.39 Å². The lowest BCUT2D eigenvalue weighted by molar-refractivity contribution is -0.119. The maximum absolute atomic E-state index is 15.0. The Hall–Kier alpha value is -4.07. The maximum atomic E-state index is 15.0. The van der Waals surface area contributed by atoms with Crippen molar-refractivity contribution >= 4 is 17.5 Å². The predicted molar refractivity (Wildman–Crippen MR) is 130 cm³/mol. The molecule has 0 aromatic heterocycles. The van der Waals surface area contributed by atoms with Crippen LogP contribution in [-0.2, 0) is 4.79 Å². The van der Waals surface area contributed by atoms with Crippen LogP contribution in [0.5, 0.6) is 17.2 Å². The number of benzene rings is 3. The second kappa shape index (κ2) is 10.0. The molecule has 3 aromatic carbocycles. The van der Waals surface area contributed by atoms with Crippen LogP contribution in [0, 0.1) is 5.82 Å². The molecule has 0 saturated carbocycles. The highest BCUT2D eigenvalue weighted by Crippen LogP contribution is 2.46. The molecule has 0 bridgehead atoms. The fourth-order valence-electron chi connectivity index (χ4n) is 4.46. The molecule has 7 nitrogen and oxygen atoms in total. The predicted octanol–water partition coefficient (Wildman–Crippen LogP) is 4.79. The Morgan fingerprint density at radius 1 is 1.00 bits per heavy atom. The summed E-state index contributed by atoms with van der Waals surface area (Å²) in [6.45, 7) is 2.42. The summed E-state index contributed by atoms with van der Waals surface area (Å²) in [4.78, 5) is 28.5. The second-order valence-electron chi connectivity index (χ2n) is 8.10. The molecule has 1 aliphatic heterocycles. The Bertz CT molecular complexity index is 1240. The first-order valence-electron chi connectivity index (χ1n) is 11.2. The van der Waals surface area contributed by atoms with E-state index in [1.807, 2.05) is 6.92 Å². The minimum absolute atomic E-state index is 0.246. The number of anilines is 1. The van der Waals surface area contributed by atoms with Gasteiger partial charge in [-0.1, -0.05) is 18.2 Å². The van der Waals surface area contributed by atoms with E-state index < -0.39 is 23.7 Å². The lowest BCUT2D eigenvalue weighted by atomic mass is 9.79. The molecule has 1 aliphatic rings. The van der Waals surface area contributed by atoms with Gasteiger partial charge >= 0.3 is 0 Å². The zero-order valence-electron chi connectivity index (χ0n) is 20.0. The number of ether oxygens (including phenoxy) is 3. The molecule has 182 valence electrons. The van der Waals surface area contributed by atoms with Gasteiger partial charge < -0.3 is 24.4 Å². The number of likely N-dealkylation sites (N-methyl/N-ethyl adjacent to an activating group) is 1. The molecule has 35 heavy (non-hydrogen) atoms. The highest BCUT2D eigenvalue weighted by Gasteiger charge is 2.44. The van der Waals surface area contributed by atoms with Crippen molar-refractivity contribution in [1.29, 1.82) is 0 Å². The zero-order chi connectivity index (χ0) is 25.1. The number of carbonyl (C=O) groups is 2. The molecule has 0 radical (unpaired) electrons. The number of amides is 2. The highest BCUT2D eigenvalue weighted by molar-refractivity contribution is 6.05. The monoisotopic (exact) mass is 478 g/mol. The first kappa shape index (κ1) is 24.1. The molecule has 2 atom stereocenters. The second-order valence-corrected chi connectivity index (χ2v) is 8.10. The van der Waals surface area contributed by atoms with Crippen molar-refractivity contribution in [3.8, 4) is 17.2 Å². The number of carbonyl (C=O) groups excluding carboxylic acids is 2. The number of methoxy groups -OCH3 is 2. The van der Waals surface area contributed by atoms with Crippen molar-refractivity contribution in [2.24, 2.45) is 0 Å². The summed E-state index contributed by atoms with van der Waals surface area (Å²) in [7, 11) is 4.51. The van der Waals surface area contributed by atoms with E-state index in [4.69, 9.17) is 14.2 Å². The van der Waals surface area contributed by atoms with Gasteiger partial charge in [-0.15, -0.1) is 0 Å². The molecule has 0 aliphatic carbocycles. The number of rotatable bonds is 7. The topological polar surface area (TPSA) is 77.1 Å². The van der Waals surface area contributed by atoms with E-state index in [9.17, 15) is 14.0 Å². The largest absolute Gasteiger partial charge is 0.494 e. The Kier molecular flexibility index (Phi) is 6.91. The van der Waals surface area contributed by atoms with E-state index in [0.717, 1.165) is 0 Å². The number of fused-ring (bicyclic) bond motifs is 1. The quantitative estimate of drug-likeness (QED) is 0.528. The third-order valence-corrected chi connectivity index (χ3v) is 6.11. The number of nitrogens with one attached hydrogen (secondary N) is 1. The molecule has 0 saturated heterocycles. The van der Waals surface area contributed by atoms with E-state index in [1.54, 1.807) is 61.6 Å². The summed E-state index contributed by atoms with van der Waals surface area (Å²) < 4.78 is 31.2. The van der Waals surface area contributed by atoms with E-state index in [-0.39, 0.29) is 11.5 Å². The Balaban J connectivity index is 1.83. The summed E-state index contributed by atoms with van der Waals surface area (Å²) in [6, 6.07) is 15.4. The van der Waals surface area contributed by atoms with Gasteiger partial charge in [-0.3, -0.25) is 9.59 Å². The summed E-state index contributed by atoms with van der Waals surface area (Å²) in [5.41, 5.74) is 1.52. The summed E-state index contributed by atoms with van der Waals surface area (Å²) in [5.74, 6) is -0.747. The van der Waals surface area contributed by atoms with Gasteiger partial charge in [-0.2, -0.15) is 0 Å². The average Bonchev–Trinajstić information content (AvgIpc) is 2.87. The van der Waals surface area contributed by atoms with Crippen LogP contribution in [0.4, 0.5) is 10.1 Å². The van der Waals surface area contributed by atoms with Gasteiger partial charge in [0.2, 0.25) is 5.91 Å². The molecular weight excluding hydrogens is 451 g/mol. The smallest absolute Gasteiger partial charge is 0.254 e. The molecule has 3 aromatic rings. The van der Waals surface area contributed by atoms with Crippen LogP contribution in [0.1, 0.15) is 40.4 Å². The van der Waals surface area contributed by atoms with Crippen LogP contribution >= 0.6 is 0 Å². The Labute approximate surface area is 203 Å². The standard InChI is InChI=1S/C27H27FN2O5/c1-5-35-17-12-10-16(11-13-17)29-26(31)24-19-14-22(33-3)23(34-4)15-20(19)27(32)30(2)25(24)18-8-6-7-9-21(18)28/h6-15,24-25H,5H2,1-4H3,(H,29,31)/t24-,25+/m1/s1. The van der Waals surface area contributed by atoms with E-state index in [2.05, 4.69) is 5.32 Å². The van der Waals surface area contributed by atoms with Crippen LogP contribution in [0.25, 0.3) is 0 Å². The first-order valence-corrected chi connectivity index (χ1v) is 11.2. The van der Waals surface area contributed by atoms with Crippen LogP contribution < -0.4 is 19.5 Å². The molecule has 1 heterocycles. The molecule has 8 heteroatoms. The summed E-state index contributed by atoms with van der Waals surface area (Å²) in [6.07, 6.45) is 0. The SMILES string of the molecule is CCOc1ccc(NC(=O)[C@@H]2c3cc(OC)c(OC)cc3C(=O)N(C)[C@H]2c2ccccc2F)cc1. The first-order chi connectivity index (χ1) is 16.9. The van der Waals surface area contributed by atoms with Crippen LogP contribution in [-0.4, -0.2) is 44.6 Å². The Morgan fingerprint density at radius 3 is 2.29 bits per heavy atom. The van der Waals surface area contributed by atoms with E-state index in [1.165, 1.54) is 25.2 Å². The third-order valence-electron chi connectivity index (χ3n) is 6.11. The van der Waals surface area contributed by atoms with Crippen LogP contribution in [0.2, 0.25) is 0 Å². The number of halogens is 1. The van der Waals surface area contributed by atoms with Gasteiger partial charge in [0.15, 0.2) is 11.5 Å². The minimum atomic E-state index is -0.920. The molecule has 0 unspecified atom stereocenters. The fourth-order valence-corrected chi connectivity index (χ4v) is 4.46. The number of hydrogen-bond donors (Lipinski definition) is 1. The lowest BCUT2D eigenvalue weighted by Crippen LogP contribution is -2.44.